The number of fused-ring (bicyclic) bond motifs is 1. The summed E-state index contributed by atoms with van der Waals surface area (Å²) in [5.41, 5.74) is 0.327. The number of carbonyl (C=O) groups is 1. The fraction of sp³-hybridized carbons (Fsp3) is 0.474. The maximum absolute atomic E-state index is 12.8. The molecule has 2 aromatic rings. The molecular weight excluding hydrogens is 318 g/mol. The van der Waals surface area contributed by atoms with Crippen LogP contribution in [0.2, 0.25) is 0 Å². The third kappa shape index (κ3) is 3.39. The molecule has 1 fully saturated rings. The van der Waals surface area contributed by atoms with E-state index < -0.39 is 5.60 Å². The topological polar surface area (TPSA) is 67.6 Å². The minimum absolute atomic E-state index is 0.130. The number of aliphatic hydroxyl groups is 1. The van der Waals surface area contributed by atoms with Crippen molar-refractivity contribution < 1.29 is 14.6 Å². The first kappa shape index (κ1) is 16.1. The van der Waals surface area contributed by atoms with Crippen molar-refractivity contribution in [2.24, 2.45) is 5.92 Å². The van der Waals surface area contributed by atoms with E-state index >= 15 is 0 Å². The molecule has 2 aliphatic heterocycles. The lowest BCUT2D eigenvalue weighted by molar-refractivity contribution is -0.141. The Kier molecular flexibility index (Phi) is 4.21. The summed E-state index contributed by atoms with van der Waals surface area (Å²) in [5, 5.41) is 10.8. The number of hydrogen-bond acceptors (Lipinski definition) is 4. The summed E-state index contributed by atoms with van der Waals surface area (Å²) >= 11 is 0. The van der Waals surface area contributed by atoms with Crippen LogP contribution < -0.4 is 4.74 Å². The fourth-order valence-corrected chi connectivity index (χ4v) is 3.77. The van der Waals surface area contributed by atoms with Crippen LogP contribution in [0.1, 0.15) is 18.4 Å². The van der Waals surface area contributed by atoms with Crippen LogP contribution in [0.3, 0.4) is 0 Å². The lowest BCUT2D eigenvalue weighted by Gasteiger charge is -2.40. The van der Waals surface area contributed by atoms with Crippen LogP contribution in [-0.2, 0) is 17.8 Å². The first-order valence-corrected chi connectivity index (χ1v) is 8.81. The summed E-state index contributed by atoms with van der Waals surface area (Å²) in [6, 6.07) is 7.90. The predicted molar refractivity (Wildman–Crippen MR) is 92.1 cm³/mol. The van der Waals surface area contributed by atoms with Crippen molar-refractivity contribution in [1.82, 2.24) is 14.5 Å². The van der Waals surface area contributed by atoms with Crippen molar-refractivity contribution >= 4 is 5.91 Å². The molecule has 1 saturated heterocycles. The molecule has 132 valence electrons. The maximum atomic E-state index is 12.8. The number of benzene rings is 1. The molecule has 0 aliphatic carbocycles. The van der Waals surface area contributed by atoms with Gasteiger partial charge in [-0.05, 0) is 30.9 Å². The van der Waals surface area contributed by atoms with Crippen LogP contribution in [-0.4, -0.2) is 50.8 Å². The molecule has 2 aliphatic rings. The van der Waals surface area contributed by atoms with Gasteiger partial charge in [0.15, 0.2) is 0 Å². The second-order valence-corrected chi connectivity index (χ2v) is 7.10. The summed E-state index contributed by atoms with van der Waals surface area (Å²) in [4.78, 5) is 18.7. The van der Waals surface area contributed by atoms with E-state index in [1.165, 1.54) is 0 Å². The van der Waals surface area contributed by atoms with Gasteiger partial charge in [-0.15, -0.1) is 0 Å². The Balaban J connectivity index is 1.35. The van der Waals surface area contributed by atoms with Gasteiger partial charge in [0.25, 0.3) is 0 Å². The Morgan fingerprint density at radius 3 is 2.88 bits per heavy atom. The minimum Gasteiger partial charge on any atom is -0.492 e. The number of imidazole rings is 1. The van der Waals surface area contributed by atoms with Gasteiger partial charge in [0.1, 0.15) is 12.4 Å². The summed E-state index contributed by atoms with van der Waals surface area (Å²) in [5.74, 6) is 0.897. The quantitative estimate of drug-likeness (QED) is 0.918. The molecule has 1 aromatic carbocycles. The van der Waals surface area contributed by atoms with Crippen LogP contribution in [0.4, 0.5) is 0 Å². The van der Waals surface area contributed by atoms with Crippen molar-refractivity contribution in [3.05, 3.63) is 48.5 Å². The van der Waals surface area contributed by atoms with Crippen molar-refractivity contribution in [2.45, 2.75) is 31.4 Å². The molecule has 0 unspecified atom stereocenters. The highest BCUT2D eigenvalue weighted by molar-refractivity contribution is 5.80. The average Bonchev–Trinajstić information content (AvgIpc) is 3.14. The largest absolute Gasteiger partial charge is 0.492 e. The number of carbonyl (C=O) groups excluding carboxylic acids is 1. The van der Waals surface area contributed by atoms with Gasteiger partial charge in [-0.1, -0.05) is 18.2 Å². The number of hydrogen-bond donors (Lipinski definition) is 1. The van der Waals surface area contributed by atoms with Gasteiger partial charge in [-0.25, -0.2) is 4.98 Å². The zero-order valence-corrected chi connectivity index (χ0v) is 14.2. The molecule has 6 nitrogen and oxygen atoms in total. The summed E-state index contributed by atoms with van der Waals surface area (Å²) in [6.07, 6.45) is 7.18. The Morgan fingerprint density at radius 1 is 1.32 bits per heavy atom. The molecule has 3 heterocycles. The molecule has 1 aromatic heterocycles. The fourth-order valence-electron chi connectivity index (χ4n) is 3.77. The summed E-state index contributed by atoms with van der Waals surface area (Å²) < 4.78 is 7.64. The number of piperidine rings is 1. The highest BCUT2D eigenvalue weighted by Gasteiger charge is 2.37. The van der Waals surface area contributed by atoms with Crippen LogP contribution >= 0.6 is 0 Å². The Labute approximate surface area is 147 Å². The molecule has 0 saturated carbocycles. The molecule has 6 heteroatoms. The second kappa shape index (κ2) is 6.52. The first-order chi connectivity index (χ1) is 12.1. The number of amides is 1. The average molecular weight is 341 g/mol. The van der Waals surface area contributed by atoms with E-state index in [0.717, 1.165) is 17.7 Å². The van der Waals surface area contributed by atoms with Crippen LogP contribution in [0.25, 0.3) is 0 Å². The number of rotatable bonds is 3. The van der Waals surface area contributed by atoms with Gasteiger partial charge in [0.05, 0.1) is 24.4 Å². The highest BCUT2D eigenvalue weighted by atomic mass is 16.5. The third-order valence-electron chi connectivity index (χ3n) is 5.27. The molecule has 1 amide bonds. The van der Waals surface area contributed by atoms with Gasteiger partial charge in [-0.3, -0.25) is 4.79 Å². The summed E-state index contributed by atoms with van der Waals surface area (Å²) in [7, 11) is 0. The minimum atomic E-state index is -0.771. The van der Waals surface area contributed by atoms with E-state index in [9.17, 15) is 9.90 Å². The normalized spacial score (nSPS) is 22.1. The van der Waals surface area contributed by atoms with Crippen molar-refractivity contribution in [3.63, 3.8) is 0 Å². The number of likely N-dealkylation sites (tertiary alicyclic amines) is 1. The van der Waals surface area contributed by atoms with Crippen LogP contribution in [0, 0.1) is 5.92 Å². The summed E-state index contributed by atoms with van der Waals surface area (Å²) in [6.45, 7) is 2.13. The zero-order valence-electron chi connectivity index (χ0n) is 14.2. The maximum Gasteiger partial charge on any atom is 0.229 e. The molecule has 4 rings (SSSR count). The molecule has 1 N–H and O–H groups in total. The van der Waals surface area contributed by atoms with Gasteiger partial charge >= 0.3 is 0 Å². The monoisotopic (exact) mass is 341 g/mol. The SMILES string of the molecule is O=C([C@H]1COc2ccccc2C1)N1CCC(O)(Cn2ccnc2)CC1. The molecular formula is C19H23N3O3. The van der Waals surface area contributed by atoms with E-state index in [0.29, 0.717) is 39.1 Å². The van der Waals surface area contributed by atoms with E-state index in [1.54, 1.807) is 12.5 Å². The number of nitrogens with zero attached hydrogens (tertiary/aromatic N) is 3. The number of ether oxygens (including phenoxy) is 1. The van der Waals surface area contributed by atoms with Gasteiger partial charge in [0, 0.05) is 25.5 Å². The molecule has 25 heavy (non-hydrogen) atoms. The lowest BCUT2D eigenvalue weighted by atomic mass is 9.89. The van der Waals surface area contributed by atoms with Crippen LogP contribution in [0.15, 0.2) is 43.0 Å². The van der Waals surface area contributed by atoms with E-state index in [1.807, 2.05) is 39.9 Å². The smallest absolute Gasteiger partial charge is 0.229 e. The van der Waals surface area contributed by atoms with Crippen LogP contribution in [0.5, 0.6) is 5.75 Å². The zero-order chi connectivity index (χ0) is 17.3. The van der Waals surface area contributed by atoms with Crippen molar-refractivity contribution in [1.29, 1.82) is 0 Å². The van der Waals surface area contributed by atoms with E-state index in [2.05, 4.69) is 4.98 Å². The van der Waals surface area contributed by atoms with Gasteiger partial charge in [-0.2, -0.15) is 0 Å². The Hall–Kier alpha value is -2.34. The highest BCUT2D eigenvalue weighted by Crippen LogP contribution is 2.30. The number of para-hydroxylation sites is 1. The van der Waals surface area contributed by atoms with Gasteiger partial charge in [0.2, 0.25) is 5.91 Å². The van der Waals surface area contributed by atoms with Crippen molar-refractivity contribution in [3.8, 4) is 5.75 Å². The second-order valence-electron chi connectivity index (χ2n) is 7.10. The van der Waals surface area contributed by atoms with E-state index in [-0.39, 0.29) is 11.8 Å². The first-order valence-electron chi connectivity index (χ1n) is 8.81. The Bertz CT molecular complexity index is 736. The molecule has 1 atom stereocenters. The van der Waals surface area contributed by atoms with Gasteiger partial charge < -0.3 is 19.3 Å². The molecule has 0 spiro atoms. The van der Waals surface area contributed by atoms with E-state index in [4.69, 9.17) is 4.74 Å². The standard InChI is InChI=1S/C19H23N3O3/c23-18(16-11-15-3-1-2-4-17(15)25-12-16)22-8-5-19(24,6-9-22)13-21-10-7-20-14-21/h1-4,7,10,14,16,24H,5-6,8-9,11-13H2/t16-/m1/s1. The lowest BCUT2D eigenvalue weighted by Crippen LogP contribution is -2.51. The molecule has 0 bridgehead atoms. The predicted octanol–water partition coefficient (Wildman–Crippen LogP) is 1.49. The number of aromatic nitrogens is 2. The van der Waals surface area contributed by atoms with Crippen molar-refractivity contribution in [2.75, 3.05) is 19.7 Å². The Morgan fingerprint density at radius 2 is 2.12 bits per heavy atom. The third-order valence-corrected chi connectivity index (χ3v) is 5.27. The molecule has 0 radical (unpaired) electrons.